The van der Waals surface area contributed by atoms with Crippen LogP contribution in [0.25, 0.3) is 5.69 Å². The third kappa shape index (κ3) is 6.66. The summed E-state index contributed by atoms with van der Waals surface area (Å²) in [4.78, 5) is 15.4. The molecule has 0 bridgehead atoms. The molecule has 0 radical (unpaired) electrons. The first-order valence-corrected chi connectivity index (χ1v) is 12.5. The number of benzene rings is 2. The van der Waals surface area contributed by atoms with E-state index in [9.17, 15) is 18.7 Å². The number of halogens is 2. The van der Waals surface area contributed by atoms with Crippen molar-refractivity contribution in [3.8, 4) is 11.6 Å². The Morgan fingerprint density at radius 3 is 2.55 bits per heavy atom. The molecule has 9 nitrogen and oxygen atoms in total. The Bertz CT molecular complexity index is 1220. The van der Waals surface area contributed by atoms with Gasteiger partial charge in [-0.3, -0.25) is 10.2 Å². The first-order valence-electron chi connectivity index (χ1n) is 12.5. The van der Waals surface area contributed by atoms with Crippen molar-refractivity contribution in [2.75, 3.05) is 45.3 Å². The van der Waals surface area contributed by atoms with Gasteiger partial charge >= 0.3 is 6.03 Å². The highest BCUT2D eigenvalue weighted by Crippen LogP contribution is 2.31. The summed E-state index contributed by atoms with van der Waals surface area (Å²) in [5.74, 6) is -0.967. The number of anilines is 1. The smallest absolute Gasteiger partial charge is 0.320 e. The highest BCUT2D eigenvalue weighted by molar-refractivity contribution is 5.90. The molecule has 1 saturated heterocycles. The molecule has 3 atom stereocenters. The first kappa shape index (κ1) is 27.5. The van der Waals surface area contributed by atoms with Crippen LogP contribution in [0.15, 0.2) is 48.5 Å². The first-order chi connectivity index (χ1) is 18.2. The van der Waals surface area contributed by atoms with Gasteiger partial charge in [0.2, 0.25) is 5.88 Å². The summed E-state index contributed by atoms with van der Waals surface area (Å²) in [6, 6.07) is 11.8. The highest BCUT2D eigenvalue weighted by atomic mass is 19.1. The summed E-state index contributed by atoms with van der Waals surface area (Å²) >= 11 is 0. The van der Waals surface area contributed by atoms with Crippen molar-refractivity contribution in [2.45, 2.75) is 31.9 Å². The van der Waals surface area contributed by atoms with Gasteiger partial charge in [-0.2, -0.15) is 0 Å². The molecule has 0 spiro atoms. The van der Waals surface area contributed by atoms with Gasteiger partial charge in [0.15, 0.2) is 0 Å². The van der Waals surface area contributed by atoms with E-state index in [1.54, 1.807) is 25.6 Å². The van der Waals surface area contributed by atoms with E-state index in [1.807, 2.05) is 30.3 Å². The Balaban J connectivity index is 1.57. The lowest BCUT2D eigenvalue weighted by Crippen LogP contribution is -2.42. The lowest BCUT2D eigenvalue weighted by molar-refractivity contribution is 0.119. The number of aliphatic hydroxyl groups is 1. The molecule has 4 rings (SSSR count). The fraction of sp³-hybridized carbons (Fsp3) is 0.407. The Kier molecular flexibility index (Phi) is 8.93. The summed E-state index contributed by atoms with van der Waals surface area (Å²) in [5.41, 5.74) is 1.77. The molecule has 0 aliphatic carbocycles. The lowest BCUT2D eigenvalue weighted by atomic mass is 9.94. The van der Waals surface area contributed by atoms with Crippen LogP contribution in [0.1, 0.15) is 24.0 Å². The van der Waals surface area contributed by atoms with Crippen molar-refractivity contribution in [3.05, 3.63) is 71.3 Å². The predicted octanol–water partition coefficient (Wildman–Crippen LogP) is 3.45. The second-order valence-electron chi connectivity index (χ2n) is 9.45. The molecule has 1 aromatic heterocycles. The maximum Gasteiger partial charge on any atom is 0.320 e. The van der Waals surface area contributed by atoms with E-state index in [4.69, 9.17) is 9.47 Å². The molecule has 3 aromatic rings. The van der Waals surface area contributed by atoms with Gasteiger partial charge < -0.3 is 19.9 Å². The van der Waals surface area contributed by atoms with E-state index >= 15 is 0 Å². The summed E-state index contributed by atoms with van der Waals surface area (Å²) in [7, 11) is 1.61. The van der Waals surface area contributed by atoms with Crippen molar-refractivity contribution in [2.24, 2.45) is 0 Å². The van der Waals surface area contributed by atoms with E-state index in [2.05, 4.69) is 20.6 Å². The quantitative estimate of drug-likeness (QED) is 0.372. The van der Waals surface area contributed by atoms with Crippen molar-refractivity contribution < 1.29 is 28.2 Å². The number of hydrogen-bond acceptors (Lipinski definition) is 6. The SMILES string of the molecule is COCCN1C[C@@H](NC(=O)Nc2c(C)c(OCC(C)O)nn2-c2ccccc2)[C@H](c2cc(F)cc(F)c2)C1. The van der Waals surface area contributed by atoms with Crippen LogP contribution in [0, 0.1) is 18.6 Å². The summed E-state index contributed by atoms with van der Waals surface area (Å²) < 4.78 is 40.4. The molecule has 38 heavy (non-hydrogen) atoms. The number of rotatable bonds is 10. The van der Waals surface area contributed by atoms with Gasteiger partial charge in [0, 0.05) is 38.7 Å². The minimum Gasteiger partial charge on any atom is -0.474 e. The number of aliphatic hydroxyl groups excluding tert-OH is 1. The van der Waals surface area contributed by atoms with Gasteiger partial charge in [-0.25, -0.2) is 18.3 Å². The Morgan fingerprint density at radius 2 is 1.89 bits per heavy atom. The second kappa shape index (κ2) is 12.3. The zero-order valence-electron chi connectivity index (χ0n) is 21.7. The molecule has 11 heteroatoms. The van der Waals surface area contributed by atoms with E-state index in [-0.39, 0.29) is 18.4 Å². The fourth-order valence-electron chi connectivity index (χ4n) is 4.59. The standard InChI is InChI=1S/C27H33F2N5O4/c1-17(35)16-38-26-18(2)25(34(32-26)22-7-5-4-6-8-22)31-27(36)30-24-15-33(9-10-37-3)14-23(24)19-11-20(28)13-21(29)12-19/h4-8,11-13,17,23-24,35H,9-10,14-16H2,1-3H3,(H2,30,31,36)/t17?,23-,24+/m0/s1. The number of para-hydroxylation sites is 1. The van der Waals surface area contributed by atoms with Crippen LogP contribution in [-0.2, 0) is 4.74 Å². The van der Waals surface area contributed by atoms with Gasteiger partial charge in [-0.15, -0.1) is 5.10 Å². The molecule has 2 aromatic carbocycles. The molecule has 3 N–H and O–H groups in total. The maximum atomic E-state index is 14.0. The van der Waals surface area contributed by atoms with Gasteiger partial charge in [-0.1, -0.05) is 18.2 Å². The average Bonchev–Trinajstić information content (AvgIpc) is 3.42. The minimum absolute atomic E-state index is 0.0452. The molecule has 1 unspecified atom stereocenters. The van der Waals surface area contributed by atoms with Crippen molar-refractivity contribution in [1.82, 2.24) is 20.0 Å². The summed E-state index contributed by atoms with van der Waals surface area (Å²) in [6.07, 6.45) is -0.691. The number of likely N-dealkylation sites (tertiary alicyclic amines) is 1. The minimum atomic E-state index is -0.691. The number of aromatic nitrogens is 2. The van der Waals surface area contributed by atoms with Crippen molar-refractivity contribution >= 4 is 11.8 Å². The molecule has 1 aliphatic rings. The topological polar surface area (TPSA) is 101 Å². The van der Waals surface area contributed by atoms with Gasteiger partial charge in [0.1, 0.15) is 24.1 Å². The molecule has 0 saturated carbocycles. The number of ether oxygens (including phenoxy) is 2. The normalized spacial score (nSPS) is 18.4. The van der Waals surface area contributed by atoms with Crippen LogP contribution in [0.4, 0.5) is 19.4 Å². The predicted molar refractivity (Wildman–Crippen MR) is 139 cm³/mol. The summed E-state index contributed by atoms with van der Waals surface area (Å²) in [5, 5.41) is 20.0. The van der Waals surface area contributed by atoms with E-state index < -0.39 is 29.8 Å². The number of nitrogens with one attached hydrogen (secondary N) is 2. The Labute approximate surface area is 220 Å². The number of carbonyl (C=O) groups excluding carboxylic acids is 1. The molecule has 1 aliphatic heterocycles. The number of urea groups is 1. The third-order valence-corrected chi connectivity index (χ3v) is 6.41. The fourth-order valence-corrected chi connectivity index (χ4v) is 4.59. The zero-order valence-corrected chi connectivity index (χ0v) is 21.7. The number of amides is 2. The lowest BCUT2D eigenvalue weighted by Gasteiger charge is -2.21. The average molecular weight is 530 g/mol. The van der Waals surface area contributed by atoms with Crippen LogP contribution >= 0.6 is 0 Å². The van der Waals surface area contributed by atoms with Crippen LogP contribution < -0.4 is 15.4 Å². The molecular formula is C27H33F2N5O4. The monoisotopic (exact) mass is 529 g/mol. The number of carbonyl (C=O) groups is 1. The molecular weight excluding hydrogens is 496 g/mol. The number of hydrogen-bond donors (Lipinski definition) is 3. The van der Waals surface area contributed by atoms with Crippen LogP contribution in [-0.4, -0.2) is 77.9 Å². The van der Waals surface area contributed by atoms with Crippen molar-refractivity contribution in [1.29, 1.82) is 0 Å². The van der Waals surface area contributed by atoms with Crippen LogP contribution in [0.3, 0.4) is 0 Å². The van der Waals surface area contributed by atoms with E-state index in [1.165, 1.54) is 12.1 Å². The highest BCUT2D eigenvalue weighted by Gasteiger charge is 2.35. The van der Waals surface area contributed by atoms with E-state index in [0.29, 0.717) is 48.9 Å². The van der Waals surface area contributed by atoms with Gasteiger partial charge in [-0.05, 0) is 43.7 Å². The molecule has 1 fully saturated rings. The Hall–Kier alpha value is -3.54. The zero-order chi connectivity index (χ0) is 27.2. The molecule has 2 amide bonds. The van der Waals surface area contributed by atoms with Gasteiger partial charge in [0.05, 0.1) is 30.0 Å². The van der Waals surface area contributed by atoms with E-state index in [0.717, 1.165) is 6.07 Å². The van der Waals surface area contributed by atoms with Gasteiger partial charge in [0.25, 0.3) is 0 Å². The molecule has 2 heterocycles. The molecule has 204 valence electrons. The van der Waals surface area contributed by atoms with Crippen LogP contribution in [0.5, 0.6) is 5.88 Å². The maximum absolute atomic E-state index is 14.0. The number of methoxy groups -OCH3 is 1. The summed E-state index contributed by atoms with van der Waals surface area (Å²) in [6.45, 7) is 5.52. The Morgan fingerprint density at radius 1 is 1.18 bits per heavy atom. The largest absolute Gasteiger partial charge is 0.474 e. The number of nitrogens with zero attached hydrogens (tertiary/aromatic N) is 3. The second-order valence-corrected chi connectivity index (χ2v) is 9.45. The van der Waals surface area contributed by atoms with Crippen molar-refractivity contribution in [3.63, 3.8) is 0 Å². The third-order valence-electron chi connectivity index (χ3n) is 6.41. The van der Waals surface area contributed by atoms with Crippen LogP contribution in [0.2, 0.25) is 0 Å².